The van der Waals surface area contributed by atoms with Crippen LogP contribution in [0, 0.1) is 0 Å². The summed E-state index contributed by atoms with van der Waals surface area (Å²) in [7, 11) is 4.23. The van der Waals surface area contributed by atoms with Crippen LogP contribution in [-0.2, 0) is 9.53 Å². The van der Waals surface area contributed by atoms with Crippen LogP contribution < -0.4 is 12.4 Å². The average Bonchev–Trinajstić information content (AvgIpc) is 2.40. The van der Waals surface area contributed by atoms with Gasteiger partial charge in [0.2, 0.25) is 0 Å². The zero-order chi connectivity index (χ0) is 16.0. The average molecular weight is 336 g/mol. The predicted octanol–water partition coefficient (Wildman–Crippen LogP) is 1.55. The van der Waals surface area contributed by atoms with Crippen molar-refractivity contribution in [2.45, 2.75) is 78.1 Å². The molecule has 0 radical (unpaired) electrons. The fourth-order valence-corrected chi connectivity index (χ4v) is 2.66. The van der Waals surface area contributed by atoms with Gasteiger partial charge in [0.25, 0.3) is 0 Å². The third-order valence-corrected chi connectivity index (χ3v) is 3.98. The first-order chi connectivity index (χ1) is 10.0. The molecule has 0 aromatic heterocycles. The molecule has 134 valence electrons. The van der Waals surface area contributed by atoms with Crippen LogP contribution in [0.15, 0.2) is 0 Å². The van der Waals surface area contributed by atoms with E-state index in [2.05, 4.69) is 21.0 Å². The number of quaternary nitrogens is 1. The first-order valence-electron chi connectivity index (χ1n) is 8.99. The normalized spacial score (nSPS) is 11.1. The van der Waals surface area contributed by atoms with Crippen molar-refractivity contribution >= 4 is 5.97 Å². The highest BCUT2D eigenvalue weighted by atomic mass is 35.5. The van der Waals surface area contributed by atoms with E-state index in [1.165, 1.54) is 64.2 Å². The van der Waals surface area contributed by atoms with E-state index in [0.717, 1.165) is 11.0 Å². The molecule has 0 atom stereocenters. The third kappa shape index (κ3) is 16.1. The zero-order valence-corrected chi connectivity index (χ0v) is 16.1. The molecule has 0 unspecified atom stereocenters. The van der Waals surface area contributed by atoms with Gasteiger partial charge in [-0.1, -0.05) is 58.3 Å². The van der Waals surface area contributed by atoms with E-state index < -0.39 is 0 Å². The number of esters is 1. The van der Waals surface area contributed by atoms with Gasteiger partial charge < -0.3 is 21.6 Å². The molecule has 0 rings (SSSR count). The quantitative estimate of drug-likeness (QED) is 0.273. The Morgan fingerprint density at radius 1 is 0.818 bits per heavy atom. The van der Waals surface area contributed by atoms with Gasteiger partial charge >= 0.3 is 5.97 Å². The number of nitrogens with zero attached hydrogens (tertiary/aromatic N) is 1. The Morgan fingerprint density at radius 3 is 1.73 bits per heavy atom. The molecule has 0 aliphatic carbocycles. The number of rotatable bonds is 14. The number of ether oxygens (including phenoxy) is 1. The molecule has 0 aromatic carbocycles. The molecule has 0 N–H and O–H groups in total. The number of carbonyl (C=O) groups excluding carboxylic acids is 1. The van der Waals surface area contributed by atoms with E-state index in [9.17, 15) is 4.79 Å². The summed E-state index contributed by atoms with van der Waals surface area (Å²) < 4.78 is 5.77. The molecule has 22 heavy (non-hydrogen) atoms. The summed E-state index contributed by atoms with van der Waals surface area (Å²) in [5.41, 5.74) is 0. The van der Waals surface area contributed by atoms with Gasteiger partial charge in [0.05, 0.1) is 27.2 Å². The lowest BCUT2D eigenvalue weighted by molar-refractivity contribution is -0.883. The fraction of sp³-hybridized carbons (Fsp3) is 0.944. The maximum absolute atomic E-state index is 11.5. The maximum atomic E-state index is 11.5. The lowest BCUT2D eigenvalue weighted by atomic mass is 10.1. The van der Waals surface area contributed by atoms with Crippen molar-refractivity contribution in [3.63, 3.8) is 0 Å². The van der Waals surface area contributed by atoms with Gasteiger partial charge in [0.1, 0.15) is 0 Å². The van der Waals surface area contributed by atoms with Crippen molar-refractivity contribution in [2.75, 3.05) is 33.8 Å². The summed E-state index contributed by atoms with van der Waals surface area (Å²) in [6.07, 6.45) is 13.6. The van der Waals surface area contributed by atoms with Gasteiger partial charge in [-0.2, -0.15) is 0 Å². The van der Waals surface area contributed by atoms with E-state index in [1.54, 1.807) is 0 Å². The van der Waals surface area contributed by atoms with Crippen molar-refractivity contribution in [1.82, 2.24) is 0 Å². The molecule has 0 saturated heterocycles. The topological polar surface area (TPSA) is 26.3 Å². The molecule has 0 heterocycles. The van der Waals surface area contributed by atoms with E-state index in [4.69, 9.17) is 4.74 Å². The Morgan fingerprint density at radius 2 is 1.27 bits per heavy atom. The summed E-state index contributed by atoms with van der Waals surface area (Å²) in [5, 5.41) is 0. The first-order valence-corrected chi connectivity index (χ1v) is 8.99. The second kappa shape index (κ2) is 15.6. The van der Waals surface area contributed by atoms with Crippen molar-refractivity contribution in [3.05, 3.63) is 0 Å². The fourth-order valence-electron chi connectivity index (χ4n) is 2.66. The van der Waals surface area contributed by atoms with Crippen LogP contribution in [0.5, 0.6) is 0 Å². The molecule has 0 aromatic rings. The van der Waals surface area contributed by atoms with Gasteiger partial charge in [-0.25, -0.2) is 4.79 Å². The Balaban J connectivity index is 0. The molecule has 3 nitrogen and oxygen atoms in total. The van der Waals surface area contributed by atoms with Crippen LogP contribution >= 0.6 is 0 Å². The molecular weight excluding hydrogens is 298 g/mol. The van der Waals surface area contributed by atoms with Crippen LogP contribution in [0.2, 0.25) is 0 Å². The van der Waals surface area contributed by atoms with Gasteiger partial charge in [-0.15, -0.1) is 0 Å². The van der Waals surface area contributed by atoms with Gasteiger partial charge in [-0.05, 0) is 19.8 Å². The molecule has 0 saturated carbocycles. The summed E-state index contributed by atoms with van der Waals surface area (Å²) in [5.74, 6) is -0.0745. The van der Waals surface area contributed by atoms with Gasteiger partial charge in [0.15, 0.2) is 6.54 Å². The van der Waals surface area contributed by atoms with Gasteiger partial charge in [0, 0.05) is 0 Å². The Labute approximate surface area is 144 Å². The number of carbonyl (C=O) groups is 1. The number of likely N-dealkylation sites (N-methyl/N-ethyl adjacent to an activating group) is 1. The van der Waals surface area contributed by atoms with E-state index >= 15 is 0 Å². The zero-order valence-electron chi connectivity index (χ0n) is 15.3. The Hall–Kier alpha value is -0.280. The molecule has 0 fully saturated rings. The smallest absolute Gasteiger partial charge is 0.361 e. The largest absolute Gasteiger partial charge is 1.00 e. The van der Waals surface area contributed by atoms with E-state index in [-0.39, 0.29) is 18.4 Å². The highest BCUT2D eigenvalue weighted by Gasteiger charge is 2.20. The van der Waals surface area contributed by atoms with Crippen LogP contribution in [-0.4, -0.2) is 44.2 Å². The van der Waals surface area contributed by atoms with Crippen LogP contribution in [0.4, 0.5) is 0 Å². The Kier molecular flexibility index (Phi) is 17.0. The monoisotopic (exact) mass is 335 g/mol. The number of hydrogen-bond donors (Lipinski definition) is 0. The second-order valence-corrected chi connectivity index (χ2v) is 6.80. The SMILES string of the molecule is CCCCCCCCCCCC[N+](C)(C)CC(=O)OCC.[Cl-]. The van der Waals surface area contributed by atoms with E-state index in [0.29, 0.717) is 13.2 Å². The first kappa shape index (κ1) is 24.0. The second-order valence-electron chi connectivity index (χ2n) is 6.80. The number of halogens is 1. The summed E-state index contributed by atoms with van der Waals surface area (Å²) >= 11 is 0. The van der Waals surface area contributed by atoms with Crippen molar-refractivity contribution in [1.29, 1.82) is 0 Å². The molecule has 0 amide bonds. The molecule has 0 aliphatic heterocycles. The standard InChI is InChI=1S/C18H38NO2.ClH/c1-5-7-8-9-10-11-12-13-14-15-16-19(3,4)17-18(20)21-6-2;/h5-17H2,1-4H3;1H/q+1;/p-1. The van der Waals surface area contributed by atoms with Crippen LogP contribution in [0.25, 0.3) is 0 Å². The van der Waals surface area contributed by atoms with Gasteiger partial charge in [-0.3, -0.25) is 0 Å². The maximum Gasteiger partial charge on any atom is 0.361 e. The number of hydrogen-bond acceptors (Lipinski definition) is 2. The molecular formula is C18H38ClNO2. The van der Waals surface area contributed by atoms with Crippen LogP contribution in [0.3, 0.4) is 0 Å². The lowest BCUT2D eigenvalue weighted by Crippen LogP contribution is -3.00. The lowest BCUT2D eigenvalue weighted by Gasteiger charge is -2.28. The van der Waals surface area contributed by atoms with Crippen molar-refractivity contribution in [2.24, 2.45) is 0 Å². The highest BCUT2D eigenvalue weighted by molar-refractivity contribution is 5.70. The molecule has 0 spiro atoms. The number of unbranched alkanes of at least 4 members (excludes halogenated alkanes) is 9. The summed E-state index contributed by atoms with van der Waals surface area (Å²) in [6.45, 7) is 6.17. The minimum Gasteiger partial charge on any atom is -1.00 e. The summed E-state index contributed by atoms with van der Waals surface area (Å²) in [4.78, 5) is 11.5. The molecule has 4 heteroatoms. The van der Waals surface area contributed by atoms with Crippen molar-refractivity contribution in [3.8, 4) is 0 Å². The Bertz CT molecular complexity index is 257. The van der Waals surface area contributed by atoms with Crippen LogP contribution in [0.1, 0.15) is 78.1 Å². The van der Waals surface area contributed by atoms with Crippen molar-refractivity contribution < 1.29 is 26.4 Å². The summed E-state index contributed by atoms with van der Waals surface area (Å²) in [6, 6.07) is 0. The third-order valence-electron chi connectivity index (χ3n) is 3.98. The minimum absolute atomic E-state index is 0. The minimum atomic E-state index is -0.0745. The highest BCUT2D eigenvalue weighted by Crippen LogP contribution is 2.11. The van der Waals surface area contributed by atoms with E-state index in [1.807, 2.05) is 6.92 Å². The molecule has 0 aliphatic rings. The predicted molar refractivity (Wildman–Crippen MR) is 90.3 cm³/mol. The molecule has 0 bridgehead atoms.